The van der Waals surface area contributed by atoms with Gasteiger partial charge < -0.3 is 15.0 Å². The van der Waals surface area contributed by atoms with E-state index in [1.165, 1.54) is 12.7 Å². The number of ether oxygens (including phenoxy) is 1. The number of halogens is 1. The Labute approximate surface area is 168 Å². The molecule has 1 amide bonds. The zero-order valence-corrected chi connectivity index (χ0v) is 16.3. The molecule has 0 atom stereocenters. The molecule has 0 saturated heterocycles. The number of nitrogens with one attached hydrogen (secondary N) is 1. The maximum absolute atomic E-state index is 12.4. The number of carbonyl (C=O) groups is 1. The number of pyridine rings is 1. The van der Waals surface area contributed by atoms with Crippen molar-refractivity contribution in [1.29, 1.82) is 0 Å². The molecule has 7 nitrogen and oxygen atoms in total. The predicted octanol–water partition coefficient (Wildman–Crippen LogP) is 3.46. The van der Waals surface area contributed by atoms with Crippen LogP contribution >= 0.6 is 11.6 Å². The Bertz CT molecular complexity index is 935. The number of benzene rings is 1. The second-order valence-corrected chi connectivity index (χ2v) is 6.51. The lowest BCUT2D eigenvalue weighted by Gasteiger charge is -2.17. The van der Waals surface area contributed by atoms with Crippen LogP contribution in [0.5, 0.6) is 5.75 Å². The standard InChI is InChI=1S/C20H20ClN5O2/c1-26(12-9-14-7-10-22-11-8-14)19-6-4-17(24-25-19)20(27)23-15-3-5-18(28-2)16(21)13-15/h3-8,10-11,13H,9,12H2,1-2H3,(H,23,27). The Hall–Kier alpha value is -3.19. The summed E-state index contributed by atoms with van der Waals surface area (Å²) < 4.78 is 5.10. The van der Waals surface area contributed by atoms with Crippen LogP contribution in [-0.4, -0.2) is 41.8 Å². The molecule has 8 heteroatoms. The lowest BCUT2D eigenvalue weighted by molar-refractivity contribution is 0.102. The number of anilines is 2. The molecule has 144 valence electrons. The van der Waals surface area contributed by atoms with Crippen LogP contribution in [-0.2, 0) is 6.42 Å². The van der Waals surface area contributed by atoms with E-state index in [4.69, 9.17) is 16.3 Å². The van der Waals surface area contributed by atoms with Crippen LogP contribution in [0.25, 0.3) is 0 Å². The zero-order chi connectivity index (χ0) is 19.9. The zero-order valence-electron chi connectivity index (χ0n) is 15.6. The average Bonchev–Trinajstić information content (AvgIpc) is 2.73. The number of aromatic nitrogens is 3. The van der Waals surface area contributed by atoms with Gasteiger partial charge in [0.1, 0.15) is 5.75 Å². The highest BCUT2D eigenvalue weighted by atomic mass is 35.5. The first-order valence-corrected chi connectivity index (χ1v) is 9.03. The lowest BCUT2D eigenvalue weighted by atomic mass is 10.2. The smallest absolute Gasteiger partial charge is 0.276 e. The van der Waals surface area contributed by atoms with E-state index in [0.29, 0.717) is 22.3 Å². The summed E-state index contributed by atoms with van der Waals surface area (Å²) in [5, 5.41) is 11.3. The van der Waals surface area contributed by atoms with Crippen LogP contribution in [0.1, 0.15) is 16.1 Å². The van der Waals surface area contributed by atoms with E-state index in [1.54, 1.807) is 42.7 Å². The molecule has 0 unspecified atom stereocenters. The van der Waals surface area contributed by atoms with Gasteiger partial charge in [0.2, 0.25) is 0 Å². The van der Waals surface area contributed by atoms with E-state index in [0.717, 1.165) is 13.0 Å². The van der Waals surface area contributed by atoms with Crippen molar-refractivity contribution in [1.82, 2.24) is 15.2 Å². The molecule has 0 aliphatic rings. The van der Waals surface area contributed by atoms with Crippen LogP contribution in [0.3, 0.4) is 0 Å². The van der Waals surface area contributed by atoms with Crippen LogP contribution in [0.4, 0.5) is 11.5 Å². The van der Waals surface area contributed by atoms with Gasteiger partial charge in [0, 0.05) is 31.7 Å². The van der Waals surface area contributed by atoms with E-state index < -0.39 is 0 Å². The quantitative estimate of drug-likeness (QED) is 0.657. The number of likely N-dealkylation sites (N-methyl/N-ethyl adjacent to an activating group) is 1. The van der Waals surface area contributed by atoms with Gasteiger partial charge in [0.05, 0.1) is 12.1 Å². The predicted molar refractivity (Wildman–Crippen MR) is 109 cm³/mol. The third-order valence-electron chi connectivity index (χ3n) is 4.17. The number of nitrogens with zero attached hydrogens (tertiary/aromatic N) is 4. The van der Waals surface area contributed by atoms with Gasteiger partial charge in [-0.05, 0) is 54.4 Å². The van der Waals surface area contributed by atoms with Crippen molar-refractivity contribution in [2.75, 3.05) is 30.9 Å². The summed E-state index contributed by atoms with van der Waals surface area (Å²) >= 11 is 6.08. The van der Waals surface area contributed by atoms with Crippen molar-refractivity contribution in [3.8, 4) is 5.75 Å². The molecule has 2 heterocycles. The molecule has 0 fully saturated rings. The normalized spacial score (nSPS) is 10.4. The molecule has 0 bridgehead atoms. The molecule has 0 radical (unpaired) electrons. The fraction of sp³-hybridized carbons (Fsp3) is 0.200. The number of amides is 1. The second kappa shape index (κ2) is 9.14. The minimum absolute atomic E-state index is 0.221. The summed E-state index contributed by atoms with van der Waals surface area (Å²) in [7, 11) is 3.47. The molecule has 0 aliphatic carbocycles. The second-order valence-electron chi connectivity index (χ2n) is 6.11. The Kier molecular flexibility index (Phi) is 6.39. The molecule has 1 aromatic carbocycles. The van der Waals surface area contributed by atoms with Crippen molar-refractivity contribution in [2.45, 2.75) is 6.42 Å². The van der Waals surface area contributed by atoms with Gasteiger partial charge in [-0.15, -0.1) is 10.2 Å². The maximum atomic E-state index is 12.4. The molecule has 28 heavy (non-hydrogen) atoms. The van der Waals surface area contributed by atoms with Crippen molar-refractivity contribution in [3.63, 3.8) is 0 Å². The van der Waals surface area contributed by atoms with Crippen molar-refractivity contribution in [2.24, 2.45) is 0 Å². The molecule has 2 aromatic heterocycles. The third-order valence-corrected chi connectivity index (χ3v) is 4.46. The Balaban J connectivity index is 1.60. The summed E-state index contributed by atoms with van der Waals surface area (Å²) in [6, 6.07) is 12.4. The van der Waals surface area contributed by atoms with Crippen molar-refractivity contribution in [3.05, 3.63) is 71.1 Å². The number of carbonyl (C=O) groups excluding carboxylic acids is 1. The van der Waals surface area contributed by atoms with Crippen LogP contribution in [0.2, 0.25) is 5.02 Å². The van der Waals surface area contributed by atoms with Gasteiger partial charge in [-0.1, -0.05) is 11.6 Å². The van der Waals surface area contributed by atoms with Crippen LogP contribution in [0, 0.1) is 0 Å². The van der Waals surface area contributed by atoms with E-state index in [1.807, 2.05) is 24.1 Å². The Morgan fingerprint density at radius 2 is 1.93 bits per heavy atom. The maximum Gasteiger partial charge on any atom is 0.276 e. The van der Waals surface area contributed by atoms with Crippen molar-refractivity contribution >= 4 is 29.0 Å². The van der Waals surface area contributed by atoms with E-state index in [-0.39, 0.29) is 11.6 Å². The number of hydrogen-bond donors (Lipinski definition) is 1. The number of rotatable bonds is 7. The minimum Gasteiger partial charge on any atom is -0.495 e. The molecule has 0 aliphatic heterocycles. The molecule has 0 spiro atoms. The van der Waals surface area contributed by atoms with Gasteiger partial charge in [0.25, 0.3) is 5.91 Å². The summed E-state index contributed by atoms with van der Waals surface area (Å²) in [5.74, 6) is 0.872. The largest absolute Gasteiger partial charge is 0.495 e. The first-order valence-electron chi connectivity index (χ1n) is 8.65. The fourth-order valence-corrected chi connectivity index (χ4v) is 2.81. The summed E-state index contributed by atoms with van der Waals surface area (Å²) in [6.45, 7) is 0.772. The van der Waals surface area contributed by atoms with Crippen molar-refractivity contribution < 1.29 is 9.53 Å². The highest BCUT2D eigenvalue weighted by Gasteiger charge is 2.11. The number of hydrogen-bond acceptors (Lipinski definition) is 6. The molecule has 3 rings (SSSR count). The van der Waals surface area contributed by atoms with Gasteiger partial charge >= 0.3 is 0 Å². The summed E-state index contributed by atoms with van der Waals surface area (Å²) in [5.41, 5.74) is 1.97. The van der Waals surface area contributed by atoms with Gasteiger partial charge in [-0.3, -0.25) is 9.78 Å². The van der Waals surface area contributed by atoms with E-state index >= 15 is 0 Å². The lowest BCUT2D eigenvalue weighted by Crippen LogP contribution is -2.22. The monoisotopic (exact) mass is 397 g/mol. The van der Waals surface area contributed by atoms with Gasteiger partial charge in [-0.2, -0.15) is 0 Å². The Morgan fingerprint density at radius 3 is 2.57 bits per heavy atom. The van der Waals surface area contributed by atoms with E-state index in [9.17, 15) is 4.79 Å². The van der Waals surface area contributed by atoms with E-state index in [2.05, 4.69) is 20.5 Å². The van der Waals surface area contributed by atoms with Crippen LogP contribution < -0.4 is 15.0 Å². The number of methoxy groups -OCH3 is 1. The molecular formula is C20H20ClN5O2. The molecule has 1 N–H and O–H groups in total. The molecule has 0 saturated carbocycles. The fourth-order valence-electron chi connectivity index (χ4n) is 2.55. The summed E-state index contributed by atoms with van der Waals surface area (Å²) in [6.07, 6.45) is 4.41. The highest BCUT2D eigenvalue weighted by Crippen LogP contribution is 2.27. The average molecular weight is 398 g/mol. The Morgan fingerprint density at radius 1 is 1.14 bits per heavy atom. The minimum atomic E-state index is -0.361. The highest BCUT2D eigenvalue weighted by molar-refractivity contribution is 6.32. The van der Waals surface area contributed by atoms with Crippen LogP contribution in [0.15, 0.2) is 54.9 Å². The third kappa shape index (κ3) is 4.95. The first-order chi connectivity index (χ1) is 13.6. The van der Waals surface area contributed by atoms with Gasteiger partial charge in [0.15, 0.2) is 11.5 Å². The SMILES string of the molecule is COc1ccc(NC(=O)c2ccc(N(C)CCc3ccncc3)nn2)cc1Cl. The molecular weight excluding hydrogens is 378 g/mol. The topological polar surface area (TPSA) is 80.2 Å². The first kappa shape index (κ1) is 19.6. The summed E-state index contributed by atoms with van der Waals surface area (Å²) in [4.78, 5) is 18.4. The van der Waals surface area contributed by atoms with Gasteiger partial charge in [-0.25, -0.2) is 0 Å². The molecule has 3 aromatic rings.